The van der Waals surface area contributed by atoms with Gasteiger partial charge in [0.2, 0.25) is 0 Å². The second-order valence-electron chi connectivity index (χ2n) is 6.70. The summed E-state index contributed by atoms with van der Waals surface area (Å²) in [5.74, 6) is 1.74. The monoisotopic (exact) mass is 360 g/mol. The SMILES string of the molecule is COc1ccc(N[C@H](c2ccccc2OC)[C@@H]2Cc3ccccc3N2)cc1. The molecule has 4 nitrogen and oxygen atoms in total. The maximum absolute atomic E-state index is 5.65. The minimum Gasteiger partial charge on any atom is -0.497 e. The van der Waals surface area contributed by atoms with Crippen LogP contribution < -0.4 is 20.1 Å². The summed E-state index contributed by atoms with van der Waals surface area (Å²) >= 11 is 0. The number of rotatable bonds is 6. The number of benzene rings is 3. The van der Waals surface area contributed by atoms with E-state index in [0.29, 0.717) is 0 Å². The van der Waals surface area contributed by atoms with E-state index in [1.807, 2.05) is 36.4 Å². The average molecular weight is 360 g/mol. The molecule has 1 aliphatic heterocycles. The molecular formula is C23H24N2O2. The van der Waals surface area contributed by atoms with Crippen LogP contribution in [0.1, 0.15) is 17.2 Å². The van der Waals surface area contributed by atoms with Gasteiger partial charge >= 0.3 is 0 Å². The first-order valence-electron chi connectivity index (χ1n) is 9.16. The maximum atomic E-state index is 5.65. The molecule has 0 amide bonds. The number of para-hydroxylation sites is 2. The van der Waals surface area contributed by atoms with Crippen molar-refractivity contribution in [2.45, 2.75) is 18.5 Å². The van der Waals surface area contributed by atoms with Crippen molar-refractivity contribution in [3.05, 3.63) is 83.9 Å². The smallest absolute Gasteiger partial charge is 0.124 e. The molecule has 4 rings (SSSR count). The van der Waals surface area contributed by atoms with Crippen LogP contribution in [-0.4, -0.2) is 20.3 Å². The lowest BCUT2D eigenvalue weighted by molar-refractivity contribution is 0.404. The minimum atomic E-state index is 0.0574. The third-order valence-corrected chi connectivity index (χ3v) is 5.09. The Balaban J connectivity index is 1.67. The van der Waals surface area contributed by atoms with Gasteiger partial charge in [0.25, 0.3) is 0 Å². The van der Waals surface area contributed by atoms with Gasteiger partial charge in [-0.1, -0.05) is 36.4 Å². The molecule has 0 unspecified atom stereocenters. The van der Waals surface area contributed by atoms with E-state index in [-0.39, 0.29) is 12.1 Å². The lowest BCUT2D eigenvalue weighted by Crippen LogP contribution is -2.31. The van der Waals surface area contributed by atoms with Gasteiger partial charge in [-0.15, -0.1) is 0 Å². The highest BCUT2D eigenvalue weighted by atomic mass is 16.5. The van der Waals surface area contributed by atoms with Crippen LogP contribution in [0.3, 0.4) is 0 Å². The van der Waals surface area contributed by atoms with E-state index in [1.165, 1.54) is 11.3 Å². The van der Waals surface area contributed by atoms with E-state index < -0.39 is 0 Å². The second-order valence-corrected chi connectivity index (χ2v) is 6.70. The molecule has 3 aromatic rings. The van der Waals surface area contributed by atoms with Crippen LogP contribution in [0.2, 0.25) is 0 Å². The van der Waals surface area contributed by atoms with Crippen LogP contribution in [0, 0.1) is 0 Å². The average Bonchev–Trinajstić information content (AvgIpc) is 3.16. The molecule has 3 aromatic carbocycles. The quantitative estimate of drug-likeness (QED) is 0.656. The molecule has 138 valence electrons. The second kappa shape index (κ2) is 7.62. The molecule has 27 heavy (non-hydrogen) atoms. The first-order valence-corrected chi connectivity index (χ1v) is 9.16. The molecule has 0 bridgehead atoms. The van der Waals surface area contributed by atoms with Crippen LogP contribution in [-0.2, 0) is 6.42 Å². The fourth-order valence-corrected chi connectivity index (χ4v) is 3.71. The Bertz CT molecular complexity index is 883. The Kier molecular flexibility index (Phi) is 4.88. The van der Waals surface area contributed by atoms with E-state index in [0.717, 1.165) is 29.2 Å². The van der Waals surface area contributed by atoms with Crippen molar-refractivity contribution >= 4 is 11.4 Å². The van der Waals surface area contributed by atoms with Crippen LogP contribution >= 0.6 is 0 Å². The van der Waals surface area contributed by atoms with Gasteiger partial charge in [0, 0.05) is 16.9 Å². The van der Waals surface area contributed by atoms with Gasteiger partial charge < -0.3 is 20.1 Å². The van der Waals surface area contributed by atoms with Gasteiger partial charge in [-0.25, -0.2) is 0 Å². The summed E-state index contributed by atoms with van der Waals surface area (Å²) in [7, 11) is 3.40. The number of anilines is 2. The van der Waals surface area contributed by atoms with Crippen molar-refractivity contribution in [2.24, 2.45) is 0 Å². The number of fused-ring (bicyclic) bond motifs is 1. The topological polar surface area (TPSA) is 42.5 Å². The van der Waals surface area contributed by atoms with Gasteiger partial charge in [-0.3, -0.25) is 0 Å². The minimum absolute atomic E-state index is 0.0574. The highest BCUT2D eigenvalue weighted by molar-refractivity contribution is 5.59. The molecule has 2 atom stereocenters. The Morgan fingerprint density at radius 1 is 0.889 bits per heavy atom. The largest absolute Gasteiger partial charge is 0.497 e. The van der Waals surface area contributed by atoms with Gasteiger partial charge in [-0.2, -0.15) is 0 Å². The van der Waals surface area contributed by atoms with Crippen LogP contribution in [0.25, 0.3) is 0 Å². The summed E-state index contributed by atoms with van der Waals surface area (Å²) in [4.78, 5) is 0. The number of methoxy groups -OCH3 is 2. The van der Waals surface area contributed by atoms with E-state index >= 15 is 0 Å². The van der Waals surface area contributed by atoms with Crippen molar-refractivity contribution in [3.8, 4) is 11.5 Å². The van der Waals surface area contributed by atoms with Crippen molar-refractivity contribution in [2.75, 3.05) is 24.9 Å². The summed E-state index contributed by atoms with van der Waals surface area (Å²) in [6.07, 6.45) is 0.960. The van der Waals surface area contributed by atoms with Crippen molar-refractivity contribution in [1.29, 1.82) is 0 Å². The first kappa shape index (κ1) is 17.3. The summed E-state index contributed by atoms with van der Waals surface area (Å²) in [6, 6.07) is 25.0. The molecule has 0 spiro atoms. The molecule has 1 aliphatic rings. The normalized spacial score (nSPS) is 16.1. The first-order chi connectivity index (χ1) is 13.3. The lowest BCUT2D eigenvalue weighted by atomic mass is 9.95. The summed E-state index contributed by atoms with van der Waals surface area (Å²) in [6.45, 7) is 0. The standard InChI is InChI=1S/C23H24N2O2/c1-26-18-13-11-17(12-14-18)24-23(19-8-4-6-10-22(19)27-2)21-15-16-7-3-5-9-20(16)25-21/h3-14,21,23-25H,15H2,1-2H3/t21-,23+/m0/s1. The molecule has 4 heteroatoms. The third-order valence-electron chi connectivity index (χ3n) is 5.09. The van der Waals surface area contributed by atoms with Crippen molar-refractivity contribution in [1.82, 2.24) is 0 Å². The van der Waals surface area contributed by atoms with E-state index in [2.05, 4.69) is 47.0 Å². The Morgan fingerprint density at radius 2 is 1.63 bits per heavy atom. The summed E-state index contributed by atoms with van der Waals surface area (Å²) < 4.78 is 10.9. The fraction of sp³-hybridized carbons (Fsp3) is 0.217. The Hall–Kier alpha value is -3.14. The van der Waals surface area contributed by atoms with Crippen LogP contribution in [0.4, 0.5) is 11.4 Å². The molecule has 0 radical (unpaired) electrons. The lowest BCUT2D eigenvalue weighted by Gasteiger charge is -2.28. The molecule has 0 aromatic heterocycles. The third kappa shape index (κ3) is 3.56. The molecule has 0 fully saturated rings. The van der Waals surface area contributed by atoms with Gasteiger partial charge in [0.1, 0.15) is 11.5 Å². The van der Waals surface area contributed by atoms with E-state index in [1.54, 1.807) is 14.2 Å². The van der Waals surface area contributed by atoms with Gasteiger partial charge in [-0.05, 0) is 48.4 Å². The number of hydrogen-bond acceptors (Lipinski definition) is 4. The maximum Gasteiger partial charge on any atom is 0.124 e. The zero-order chi connectivity index (χ0) is 18.6. The Labute approximate surface area is 160 Å². The Morgan fingerprint density at radius 3 is 2.37 bits per heavy atom. The molecule has 0 aliphatic carbocycles. The van der Waals surface area contributed by atoms with Crippen LogP contribution in [0.15, 0.2) is 72.8 Å². The van der Waals surface area contributed by atoms with E-state index in [4.69, 9.17) is 9.47 Å². The number of hydrogen-bond donors (Lipinski definition) is 2. The molecule has 0 saturated carbocycles. The highest BCUT2D eigenvalue weighted by Gasteiger charge is 2.30. The predicted octanol–water partition coefficient (Wildman–Crippen LogP) is 4.89. The van der Waals surface area contributed by atoms with Crippen molar-refractivity contribution < 1.29 is 9.47 Å². The zero-order valence-electron chi connectivity index (χ0n) is 15.6. The number of nitrogens with one attached hydrogen (secondary N) is 2. The molecule has 2 N–H and O–H groups in total. The van der Waals surface area contributed by atoms with Crippen LogP contribution in [0.5, 0.6) is 11.5 Å². The predicted molar refractivity (Wildman–Crippen MR) is 110 cm³/mol. The highest BCUT2D eigenvalue weighted by Crippen LogP contribution is 2.37. The molecule has 1 heterocycles. The van der Waals surface area contributed by atoms with Gasteiger partial charge in [0.05, 0.1) is 26.3 Å². The summed E-state index contributed by atoms with van der Waals surface area (Å²) in [5, 5.41) is 7.38. The molecular weight excluding hydrogens is 336 g/mol. The van der Waals surface area contributed by atoms with E-state index in [9.17, 15) is 0 Å². The van der Waals surface area contributed by atoms with Gasteiger partial charge in [0.15, 0.2) is 0 Å². The fourth-order valence-electron chi connectivity index (χ4n) is 3.71. The zero-order valence-corrected chi connectivity index (χ0v) is 15.6. The number of ether oxygens (including phenoxy) is 2. The summed E-state index contributed by atoms with van der Waals surface area (Å²) in [5.41, 5.74) is 4.74. The molecule has 0 saturated heterocycles. The van der Waals surface area contributed by atoms with Crippen molar-refractivity contribution in [3.63, 3.8) is 0 Å².